The minimum atomic E-state index is -0.350. The van der Waals surface area contributed by atoms with Gasteiger partial charge in [0.25, 0.3) is 0 Å². The van der Waals surface area contributed by atoms with Gasteiger partial charge in [0, 0.05) is 12.6 Å². The lowest BCUT2D eigenvalue weighted by Crippen LogP contribution is -2.51. The van der Waals surface area contributed by atoms with Gasteiger partial charge in [-0.1, -0.05) is 45.6 Å². The van der Waals surface area contributed by atoms with Gasteiger partial charge in [-0.05, 0) is 38.7 Å². The van der Waals surface area contributed by atoms with Crippen molar-refractivity contribution in [2.45, 2.75) is 84.2 Å². The van der Waals surface area contributed by atoms with Crippen LogP contribution in [-0.2, 0) is 9.59 Å². The van der Waals surface area contributed by atoms with Crippen molar-refractivity contribution in [3.8, 4) is 0 Å². The number of allylic oxidation sites excluding steroid dienone is 1. The predicted molar refractivity (Wildman–Crippen MR) is 90.5 cm³/mol. The van der Waals surface area contributed by atoms with Crippen molar-refractivity contribution in [1.82, 2.24) is 10.2 Å². The third-order valence-electron chi connectivity index (χ3n) is 4.36. The minimum absolute atomic E-state index is 0.0170. The number of nitrogens with one attached hydrogen (secondary N) is 1. The quantitative estimate of drug-likeness (QED) is 0.699. The van der Waals surface area contributed by atoms with Gasteiger partial charge in [-0.3, -0.25) is 9.59 Å². The molecule has 22 heavy (non-hydrogen) atoms. The molecule has 1 aliphatic rings. The van der Waals surface area contributed by atoms with E-state index in [1.54, 1.807) is 17.1 Å². The summed E-state index contributed by atoms with van der Waals surface area (Å²) in [5.74, 6) is -0.0371. The molecule has 0 aromatic heterocycles. The van der Waals surface area contributed by atoms with Gasteiger partial charge in [0.05, 0.1) is 0 Å². The predicted octanol–water partition coefficient (Wildman–Crippen LogP) is 3.42. The van der Waals surface area contributed by atoms with Crippen LogP contribution in [-0.4, -0.2) is 35.3 Å². The van der Waals surface area contributed by atoms with E-state index < -0.39 is 0 Å². The summed E-state index contributed by atoms with van der Waals surface area (Å²) in [5, 5.41) is 3.17. The summed E-state index contributed by atoms with van der Waals surface area (Å²) in [6, 6.07) is -0.0580. The van der Waals surface area contributed by atoms with Crippen molar-refractivity contribution in [3.05, 3.63) is 12.2 Å². The Morgan fingerprint density at radius 2 is 1.91 bits per heavy atom. The van der Waals surface area contributed by atoms with E-state index in [-0.39, 0.29) is 17.9 Å². The molecular formula is C18H32N2O2. The van der Waals surface area contributed by atoms with Crippen LogP contribution in [0.4, 0.5) is 0 Å². The second-order valence-corrected chi connectivity index (χ2v) is 6.15. The van der Waals surface area contributed by atoms with Crippen molar-refractivity contribution in [3.63, 3.8) is 0 Å². The Hall–Kier alpha value is -1.32. The van der Waals surface area contributed by atoms with Gasteiger partial charge in [-0.15, -0.1) is 0 Å². The van der Waals surface area contributed by atoms with Gasteiger partial charge in [0.1, 0.15) is 6.04 Å². The molecule has 1 fully saturated rings. The number of carbonyl (C=O) groups excluding carboxylic acids is 2. The van der Waals surface area contributed by atoms with Gasteiger partial charge < -0.3 is 10.2 Å². The zero-order valence-corrected chi connectivity index (χ0v) is 14.4. The molecule has 1 rings (SSSR count). The second-order valence-electron chi connectivity index (χ2n) is 6.15. The highest BCUT2D eigenvalue weighted by Gasteiger charge is 2.28. The second kappa shape index (κ2) is 10.4. The molecule has 0 bridgehead atoms. The molecule has 0 aromatic rings. The lowest BCUT2D eigenvalue weighted by atomic mass is 9.95. The Morgan fingerprint density at radius 3 is 2.45 bits per heavy atom. The fourth-order valence-electron chi connectivity index (χ4n) is 3.08. The van der Waals surface area contributed by atoms with Gasteiger partial charge >= 0.3 is 0 Å². The van der Waals surface area contributed by atoms with Crippen LogP contribution in [0.15, 0.2) is 12.2 Å². The molecule has 126 valence electrons. The summed E-state index contributed by atoms with van der Waals surface area (Å²) in [7, 11) is 0. The number of amides is 2. The Balaban J connectivity index is 2.72. The van der Waals surface area contributed by atoms with Crippen molar-refractivity contribution < 1.29 is 9.59 Å². The number of rotatable bonds is 8. The molecule has 0 spiro atoms. The molecule has 0 aliphatic heterocycles. The van der Waals surface area contributed by atoms with Gasteiger partial charge in [0.2, 0.25) is 11.8 Å². The topological polar surface area (TPSA) is 49.4 Å². The molecule has 0 heterocycles. The van der Waals surface area contributed by atoms with E-state index in [1.165, 1.54) is 19.3 Å². The number of unbranched alkanes of at least 4 members (excludes halogenated alkanes) is 1. The first-order chi connectivity index (χ1) is 10.6. The molecule has 1 unspecified atom stereocenters. The third-order valence-corrected chi connectivity index (χ3v) is 4.36. The summed E-state index contributed by atoms with van der Waals surface area (Å²) in [4.78, 5) is 26.7. The highest BCUT2D eigenvalue weighted by Crippen LogP contribution is 2.18. The number of hydrogen-bond acceptors (Lipinski definition) is 2. The number of nitrogens with zero attached hydrogens (tertiary/aromatic N) is 1. The molecule has 2 amide bonds. The number of carbonyl (C=O) groups is 2. The normalized spacial score (nSPS) is 17.4. The van der Waals surface area contributed by atoms with Crippen LogP contribution < -0.4 is 5.32 Å². The van der Waals surface area contributed by atoms with Gasteiger partial charge in [-0.2, -0.15) is 0 Å². The van der Waals surface area contributed by atoms with Crippen LogP contribution in [0.25, 0.3) is 0 Å². The lowest BCUT2D eigenvalue weighted by Gasteiger charge is -2.32. The van der Waals surface area contributed by atoms with E-state index in [0.29, 0.717) is 19.0 Å². The van der Waals surface area contributed by atoms with Crippen LogP contribution in [0.5, 0.6) is 0 Å². The molecule has 1 saturated carbocycles. The maximum absolute atomic E-state index is 12.6. The smallest absolute Gasteiger partial charge is 0.246 e. The van der Waals surface area contributed by atoms with Gasteiger partial charge in [-0.25, -0.2) is 0 Å². The monoisotopic (exact) mass is 308 g/mol. The Bertz CT molecular complexity index is 373. The Labute approximate surface area is 135 Å². The highest BCUT2D eigenvalue weighted by atomic mass is 16.2. The molecule has 0 saturated heterocycles. The van der Waals surface area contributed by atoms with Crippen LogP contribution in [0, 0.1) is 0 Å². The SMILES string of the molecule is CC=CC(=O)N(CCCC)C(CC)C(=O)NC1CCCCC1. The van der Waals surface area contributed by atoms with Crippen molar-refractivity contribution in [1.29, 1.82) is 0 Å². The maximum atomic E-state index is 12.6. The van der Waals surface area contributed by atoms with Crippen LogP contribution in [0.2, 0.25) is 0 Å². The first-order valence-corrected chi connectivity index (χ1v) is 8.87. The first-order valence-electron chi connectivity index (χ1n) is 8.87. The Kier molecular flexibility index (Phi) is 8.86. The average Bonchev–Trinajstić information content (AvgIpc) is 2.52. The summed E-state index contributed by atoms with van der Waals surface area (Å²) < 4.78 is 0. The van der Waals surface area contributed by atoms with E-state index in [9.17, 15) is 9.59 Å². The molecule has 1 N–H and O–H groups in total. The van der Waals surface area contributed by atoms with Crippen molar-refractivity contribution >= 4 is 11.8 Å². The van der Waals surface area contributed by atoms with E-state index >= 15 is 0 Å². The Morgan fingerprint density at radius 1 is 1.23 bits per heavy atom. The summed E-state index contributed by atoms with van der Waals surface area (Å²) in [5.41, 5.74) is 0. The van der Waals surface area contributed by atoms with Crippen LogP contribution in [0.1, 0.15) is 72.1 Å². The molecular weight excluding hydrogens is 276 g/mol. The summed E-state index contributed by atoms with van der Waals surface area (Å²) >= 11 is 0. The minimum Gasteiger partial charge on any atom is -0.352 e. The maximum Gasteiger partial charge on any atom is 0.246 e. The number of hydrogen-bond donors (Lipinski definition) is 1. The standard InChI is InChI=1S/C18H32N2O2/c1-4-7-14-20(17(21)11-5-2)16(6-3)18(22)19-15-12-9-8-10-13-15/h5,11,15-16H,4,6-10,12-14H2,1-3H3,(H,19,22). The van der Waals surface area contributed by atoms with Crippen LogP contribution >= 0.6 is 0 Å². The van der Waals surface area contributed by atoms with E-state index in [2.05, 4.69) is 12.2 Å². The van der Waals surface area contributed by atoms with Gasteiger partial charge in [0.15, 0.2) is 0 Å². The molecule has 0 aromatic carbocycles. The summed E-state index contributed by atoms with van der Waals surface area (Å²) in [6.45, 7) is 6.56. The lowest BCUT2D eigenvalue weighted by molar-refractivity contribution is -0.137. The fraction of sp³-hybridized carbons (Fsp3) is 0.778. The van der Waals surface area contributed by atoms with E-state index in [1.807, 2.05) is 13.8 Å². The zero-order chi connectivity index (χ0) is 16.4. The third kappa shape index (κ3) is 5.82. The zero-order valence-electron chi connectivity index (χ0n) is 14.4. The molecule has 1 atom stereocenters. The van der Waals surface area contributed by atoms with Crippen molar-refractivity contribution in [2.24, 2.45) is 0 Å². The molecule has 1 aliphatic carbocycles. The largest absolute Gasteiger partial charge is 0.352 e. The van der Waals surface area contributed by atoms with Crippen molar-refractivity contribution in [2.75, 3.05) is 6.54 Å². The van der Waals surface area contributed by atoms with E-state index in [0.717, 1.165) is 25.7 Å². The fourth-order valence-corrected chi connectivity index (χ4v) is 3.08. The van der Waals surface area contributed by atoms with E-state index in [4.69, 9.17) is 0 Å². The highest BCUT2D eigenvalue weighted by molar-refractivity contribution is 5.93. The summed E-state index contributed by atoms with van der Waals surface area (Å²) in [6.07, 6.45) is 11.7. The molecule has 4 nitrogen and oxygen atoms in total. The molecule has 4 heteroatoms. The molecule has 0 radical (unpaired) electrons. The first kappa shape index (κ1) is 18.7. The average molecular weight is 308 g/mol. The van der Waals surface area contributed by atoms with Crippen LogP contribution in [0.3, 0.4) is 0 Å².